The topological polar surface area (TPSA) is 13.1 Å². The van der Waals surface area contributed by atoms with Crippen LogP contribution in [-0.4, -0.2) is 0 Å². The molecule has 0 saturated carbocycles. The number of para-hydroxylation sites is 1. The molecule has 10 rings (SSSR count). The molecule has 1 heterocycles. The number of hydrogen-bond acceptors (Lipinski definition) is 1. The summed E-state index contributed by atoms with van der Waals surface area (Å²) < 4.78 is 61.8. The third-order valence-electron chi connectivity index (χ3n) is 9.91. The molecule has 0 radical (unpaired) electrons. The average molecular weight is 643 g/mol. The van der Waals surface area contributed by atoms with Crippen molar-refractivity contribution in [2.75, 3.05) is 0 Å². The predicted molar refractivity (Wildman–Crippen MR) is 212 cm³/mol. The zero-order chi connectivity index (χ0) is 38.2. The van der Waals surface area contributed by atoms with Gasteiger partial charge in [0.25, 0.3) is 0 Å². The molecule has 0 fully saturated rings. The zero-order valence-electron chi connectivity index (χ0n) is 33.0. The minimum Gasteiger partial charge on any atom is -0.455 e. The summed E-state index contributed by atoms with van der Waals surface area (Å²) >= 11 is 0. The van der Waals surface area contributed by atoms with Gasteiger partial charge in [-0.3, -0.25) is 0 Å². The smallest absolute Gasteiger partial charge is 0.143 e. The van der Waals surface area contributed by atoms with Gasteiger partial charge in [0.15, 0.2) is 0 Å². The molecule has 0 unspecified atom stereocenters. The SMILES string of the molecule is [2H]c1c([2H])c([2H])c2c(-c3ccc4c(c3)oc3c(-c5ccccc5)cccc34)c([2H])c([2H])c(Cc3c4ccccc4c(-c4ccccc4)c4ccccc34)c2c1[2H]. The molecule has 0 aliphatic rings. The first-order chi connectivity index (χ1) is 27.3. The summed E-state index contributed by atoms with van der Waals surface area (Å²) in [7, 11) is 0. The Balaban J connectivity index is 1.23. The largest absolute Gasteiger partial charge is 0.455 e. The third-order valence-corrected chi connectivity index (χ3v) is 9.91. The van der Waals surface area contributed by atoms with Gasteiger partial charge in [-0.1, -0.05) is 170 Å². The maximum Gasteiger partial charge on any atom is 0.143 e. The zero-order valence-corrected chi connectivity index (χ0v) is 27.0. The second-order valence-electron chi connectivity index (χ2n) is 12.7. The van der Waals surface area contributed by atoms with Crippen molar-refractivity contribution in [2.45, 2.75) is 6.42 Å². The fourth-order valence-electron chi connectivity index (χ4n) is 7.64. The van der Waals surface area contributed by atoms with Crippen molar-refractivity contribution >= 4 is 54.3 Å². The molecular weight excluding hydrogens is 605 g/mol. The van der Waals surface area contributed by atoms with Crippen LogP contribution < -0.4 is 0 Å². The van der Waals surface area contributed by atoms with Gasteiger partial charge >= 0.3 is 0 Å². The van der Waals surface area contributed by atoms with E-state index in [0.29, 0.717) is 16.7 Å². The molecule has 0 saturated heterocycles. The van der Waals surface area contributed by atoms with Crippen molar-refractivity contribution in [3.63, 3.8) is 0 Å². The fraction of sp³-hybridized carbons (Fsp3) is 0.0204. The van der Waals surface area contributed by atoms with Crippen LogP contribution in [0.2, 0.25) is 0 Å². The van der Waals surface area contributed by atoms with Crippen LogP contribution in [0, 0.1) is 0 Å². The highest BCUT2D eigenvalue weighted by Gasteiger charge is 2.18. The predicted octanol–water partition coefficient (Wildman–Crippen LogP) is 13.6. The summed E-state index contributed by atoms with van der Waals surface area (Å²) in [6.45, 7) is 0. The molecule has 1 aromatic heterocycles. The highest BCUT2D eigenvalue weighted by Crippen LogP contribution is 2.42. The number of furan rings is 1. The van der Waals surface area contributed by atoms with E-state index >= 15 is 0 Å². The molecule has 1 nitrogen and oxygen atoms in total. The normalized spacial score (nSPS) is 13.4. The Kier molecular flexibility index (Phi) is 5.34. The lowest BCUT2D eigenvalue weighted by Gasteiger charge is -2.18. The Morgan fingerprint density at radius 1 is 0.420 bits per heavy atom. The minimum atomic E-state index is -0.382. The first-order valence-corrected chi connectivity index (χ1v) is 16.8. The molecule has 9 aromatic carbocycles. The van der Waals surface area contributed by atoms with E-state index in [0.717, 1.165) is 65.7 Å². The molecule has 0 spiro atoms. The molecule has 0 amide bonds. The lowest BCUT2D eigenvalue weighted by atomic mass is 9.85. The quantitative estimate of drug-likeness (QED) is 0.170. The van der Waals surface area contributed by atoms with Crippen LogP contribution in [-0.2, 0) is 6.42 Å². The van der Waals surface area contributed by atoms with Crippen molar-refractivity contribution in [1.82, 2.24) is 0 Å². The van der Waals surface area contributed by atoms with E-state index in [9.17, 15) is 5.48 Å². The Morgan fingerprint density at radius 3 is 1.76 bits per heavy atom. The summed E-state index contributed by atoms with van der Waals surface area (Å²) in [5, 5.41) is 6.37. The molecule has 234 valence electrons. The molecule has 0 N–H and O–H groups in total. The van der Waals surface area contributed by atoms with Gasteiger partial charge in [-0.15, -0.1) is 0 Å². The maximum atomic E-state index is 9.61. The van der Waals surface area contributed by atoms with Crippen LogP contribution in [0.15, 0.2) is 186 Å². The van der Waals surface area contributed by atoms with E-state index in [-0.39, 0.29) is 59.0 Å². The highest BCUT2D eigenvalue weighted by molar-refractivity contribution is 6.15. The van der Waals surface area contributed by atoms with E-state index in [1.54, 1.807) is 0 Å². The van der Waals surface area contributed by atoms with E-state index in [2.05, 4.69) is 36.4 Å². The maximum absolute atomic E-state index is 9.61. The second kappa shape index (κ2) is 11.6. The monoisotopic (exact) mass is 642 g/mol. The average Bonchev–Trinajstić information content (AvgIpc) is 3.62. The van der Waals surface area contributed by atoms with Gasteiger partial charge in [0.1, 0.15) is 11.2 Å². The molecular formula is C49H32O. The summed E-state index contributed by atoms with van der Waals surface area (Å²) in [5.74, 6) is 0. The van der Waals surface area contributed by atoms with Crippen LogP contribution >= 0.6 is 0 Å². The minimum absolute atomic E-state index is 0.0751. The lowest BCUT2D eigenvalue weighted by molar-refractivity contribution is 0.670. The van der Waals surface area contributed by atoms with E-state index in [4.69, 9.17) is 7.16 Å². The fourth-order valence-corrected chi connectivity index (χ4v) is 7.64. The molecule has 10 aromatic rings. The Morgan fingerprint density at radius 2 is 1.04 bits per heavy atom. The van der Waals surface area contributed by atoms with E-state index in [1.165, 1.54) is 0 Å². The molecule has 50 heavy (non-hydrogen) atoms. The Hall–Kier alpha value is -6.44. The highest BCUT2D eigenvalue weighted by atomic mass is 16.3. The van der Waals surface area contributed by atoms with Crippen molar-refractivity contribution < 1.29 is 12.6 Å². The summed E-state index contributed by atoms with van der Waals surface area (Å²) in [5.41, 5.74) is 7.63. The van der Waals surface area contributed by atoms with Crippen LogP contribution in [0.25, 0.3) is 87.6 Å². The standard InChI is InChI=1S/C49H32O/c1-3-14-32(15-4-1)38-24-13-25-45-42-29-27-35(31-47(42)50-49(38)45)37-28-26-34(36-18-7-8-19-39(36)37)30-46-40-20-9-11-22-43(40)48(33-16-5-2-6-17-33)44-23-12-10-21-41(44)46/h1-29,31H,30H2/i7D,8D,18D,19D,26D,28D. The molecule has 0 aliphatic carbocycles. The van der Waals surface area contributed by atoms with Crippen molar-refractivity contribution in [3.8, 4) is 33.4 Å². The van der Waals surface area contributed by atoms with Gasteiger partial charge in [0.2, 0.25) is 0 Å². The number of rotatable bonds is 5. The molecule has 1 heteroatoms. The first kappa shape index (κ1) is 23.0. The second-order valence-corrected chi connectivity index (χ2v) is 12.7. The lowest BCUT2D eigenvalue weighted by Crippen LogP contribution is -1.97. The summed E-state index contributed by atoms with van der Waals surface area (Å²) in [6.07, 6.45) is 0.185. The molecule has 0 atom stereocenters. The molecule has 0 aliphatic heterocycles. The van der Waals surface area contributed by atoms with Crippen molar-refractivity contribution in [2.24, 2.45) is 0 Å². The number of hydrogen-bond donors (Lipinski definition) is 0. The van der Waals surface area contributed by atoms with Crippen LogP contribution in [0.5, 0.6) is 0 Å². The van der Waals surface area contributed by atoms with E-state index in [1.807, 2.05) is 109 Å². The van der Waals surface area contributed by atoms with Crippen LogP contribution in [0.4, 0.5) is 0 Å². The summed E-state index contributed by atoms with van der Waals surface area (Å²) in [6, 6.07) is 47.0. The number of benzene rings is 9. The summed E-state index contributed by atoms with van der Waals surface area (Å²) in [4.78, 5) is 0. The van der Waals surface area contributed by atoms with Gasteiger partial charge in [-0.05, 0) is 89.8 Å². The number of fused-ring (bicyclic) bond motifs is 6. The van der Waals surface area contributed by atoms with Crippen LogP contribution in [0.1, 0.15) is 19.4 Å². The Labute approximate surface area is 299 Å². The van der Waals surface area contributed by atoms with Gasteiger partial charge < -0.3 is 4.42 Å². The van der Waals surface area contributed by atoms with Gasteiger partial charge in [-0.2, -0.15) is 0 Å². The first-order valence-electron chi connectivity index (χ1n) is 19.8. The van der Waals surface area contributed by atoms with Gasteiger partial charge in [0, 0.05) is 16.3 Å². The molecule has 0 bridgehead atoms. The van der Waals surface area contributed by atoms with Gasteiger partial charge in [0.05, 0.1) is 8.22 Å². The van der Waals surface area contributed by atoms with Crippen molar-refractivity contribution in [1.29, 1.82) is 0 Å². The van der Waals surface area contributed by atoms with Gasteiger partial charge in [-0.25, -0.2) is 0 Å². The van der Waals surface area contributed by atoms with E-state index < -0.39 is 0 Å². The Bertz CT molecular complexity index is 3170. The van der Waals surface area contributed by atoms with Crippen molar-refractivity contribution in [3.05, 3.63) is 193 Å². The third kappa shape index (κ3) is 4.55. The van der Waals surface area contributed by atoms with Crippen LogP contribution in [0.3, 0.4) is 0 Å².